The molecule has 0 spiro atoms. The van der Waals surface area contributed by atoms with E-state index in [0.717, 1.165) is 0 Å². The van der Waals surface area contributed by atoms with Crippen LogP contribution in [0.15, 0.2) is 0 Å². The molecular formula is C5H13NY-2. The van der Waals surface area contributed by atoms with Crippen LogP contribution in [0.2, 0.25) is 0 Å². The molecule has 0 rings (SSSR count). The summed E-state index contributed by atoms with van der Waals surface area (Å²) in [5.41, 5.74) is 0. The van der Waals surface area contributed by atoms with Crippen LogP contribution in [0.25, 0.3) is 0 Å². The average molecular weight is 176 g/mol. The van der Waals surface area contributed by atoms with Crippen molar-refractivity contribution < 1.29 is 32.7 Å². The van der Waals surface area contributed by atoms with E-state index in [2.05, 4.69) is 12.4 Å². The van der Waals surface area contributed by atoms with Gasteiger partial charge >= 0.3 is 0 Å². The molecule has 1 nitrogen and oxygen atoms in total. The van der Waals surface area contributed by atoms with E-state index in [1.54, 1.807) is 7.05 Å². The van der Waals surface area contributed by atoms with E-state index < -0.39 is 0 Å². The third kappa shape index (κ3) is 160. The van der Waals surface area contributed by atoms with Gasteiger partial charge in [-0.25, -0.2) is 0 Å². The molecule has 0 amide bonds. The molecule has 0 bridgehead atoms. The Morgan fingerprint density at radius 2 is 1.43 bits per heavy atom. The van der Waals surface area contributed by atoms with Crippen molar-refractivity contribution in [2.45, 2.75) is 13.8 Å². The number of rotatable bonds is 0. The molecule has 0 aromatic rings. The monoisotopic (exact) mass is 176 g/mol. The Kier molecular flexibility index (Phi) is 62.0. The molecule has 0 aliphatic rings. The van der Waals surface area contributed by atoms with Gasteiger partial charge in [-0.3, -0.25) is 7.05 Å². The van der Waals surface area contributed by atoms with E-state index in [0.29, 0.717) is 0 Å². The second kappa shape index (κ2) is 27.7. The zero-order chi connectivity index (χ0) is 5.41. The first-order valence-corrected chi connectivity index (χ1v) is 2.01. The summed E-state index contributed by atoms with van der Waals surface area (Å²) >= 11 is 0. The van der Waals surface area contributed by atoms with Crippen molar-refractivity contribution in [2.75, 3.05) is 7.05 Å². The molecule has 0 aliphatic heterocycles. The minimum Gasteiger partial charge on any atom is -0.475 e. The van der Waals surface area contributed by atoms with E-state index in [9.17, 15) is 0 Å². The SMILES string of the molecule is C[CH-]C.[CH2-]NC.[Y]. The van der Waals surface area contributed by atoms with Gasteiger partial charge in [-0.2, -0.15) is 13.8 Å². The molecule has 0 atom stereocenters. The Morgan fingerprint density at radius 1 is 1.43 bits per heavy atom. The Balaban J connectivity index is -0.0000000400. The molecule has 0 unspecified atom stereocenters. The fourth-order valence-corrected chi connectivity index (χ4v) is 0. The van der Waals surface area contributed by atoms with Gasteiger partial charge in [0.1, 0.15) is 0 Å². The van der Waals surface area contributed by atoms with Gasteiger partial charge < -0.3 is 11.7 Å². The van der Waals surface area contributed by atoms with Crippen LogP contribution in [0.5, 0.6) is 0 Å². The van der Waals surface area contributed by atoms with Crippen LogP contribution in [0.1, 0.15) is 13.8 Å². The molecule has 7 heavy (non-hydrogen) atoms. The van der Waals surface area contributed by atoms with Crippen molar-refractivity contribution in [3.05, 3.63) is 13.5 Å². The van der Waals surface area contributed by atoms with Crippen molar-refractivity contribution in [3.63, 3.8) is 0 Å². The quantitative estimate of drug-likeness (QED) is 0.547. The largest absolute Gasteiger partial charge is 0.475 e. The fourth-order valence-electron chi connectivity index (χ4n) is 0. The molecule has 1 radical (unpaired) electrons. The third-order valence-corrected chi connectivity index (χ3v) is 0. The van der Waals surface area contributed by atoms with Crippen LogP contribution >= 0.6 is 0 Å². The van der Waals surface area contributed by atoms with Crippen molar-refractivity contribution in [1.82, 2.24) is 5.32 Å². The maximum atomic E-state index is 3.24. The van der Waals surface area contributed by atoms with Crippen LogP contribution in [0, 0.1) is 13.5 Å². The Labute approximate surface area is 72.1 Å². The normalized spacial score (nSPS) is 5.14. The van der Waals surface area contributed by atoms with E-state index in [-0.39, 0.29) is 32.7 Å². The summed E-state index contributed by atoms with van der Waals surface area (Å²) in [6, 6.07) is 0. The van der Waals surface area contributed by atoms with Gasteiger partial charge in [-0.05, 0) is 7.05 Å². The second-order valence-electron chi connectivity index (χ2n) is 0.931. The molecule has 2 heteroatoms. The molecule has 0 saturated heterocycles. The minimum absolute atomic E-state index is 0. The van der Waals surface area contributed by atoms with E-state index in [4.69, 9.17) is 0 Å². The average Bonchev–Trinajstić information content (AvgIpc) is 1.39. The zero-order valence-corrected chi connectivity index (χ0v) is 8.20. The van der Waals surface area contributed by atoms with Crippen molar-refractivity contribution in [3.8, 4) is 0 Å². The predicted molar refractivity (Wildman–Crippen MR) is 30.1 cm³/mol. The van der Waals surface area contributed by atoms with Gasteiger partial charge in [-0.15, -0.1) is 0 Å². The maximum absolute atomic E-state index is 3.24. The van der Waals surface area contributed by atoms with Crippen LogP contribution in [-0.4, -0.2) is 7.05 Å². The Bertz CT molecular complexity index is 10.0. The standard InChI is InChI=1S/C3H7.C2H6N.Y/c2*1-3-2;/h3H,1-2H3;3H,1H2,2H3;/q2*-1;. The molecule has 0 aromatic carbocycles. The molecule has 0 aliphatic carbocycles. The molecule has 1 N–H and O–H groups in total. The summed E-state index contributed by atoms with van der Waals surface area (Å²) in [4.78, 5) is 0. The van der Waals surface area contributed by atoms with Crippen LogP contribution in [0.4, 0.5) is 0 Å². The molecular weight excluding hydrogens is 163 g/mol. The molecule has 0 saturated carbocycles. The van der Waals surface area contributed by atoms with Gasteiger partial charge in [-0.1, -0.05) is 0 Å². The van der Waals surface area contributed by atoms with Crippen LogP contribution < -0.4 is 5.32 Å². The van der Waals surface area contributed by atoms with E-state index in [1.165, 1.54) is 0 Å². The summed E-state index contributed by atoms with van der Waals surface area (Å²) < 4.78 is 0. The zero-order valence-electron chi connectivity index (χ0n) is 5.36. The van der Waals surface area contributed by atoms with E-state index in [1.807, 2.05) is 20.3 Å². The molecule has 0 aromatic heterocycles. The summed E-state index contributed by atoms with van der Waals surface area (Å²) in [6.07, 6.45) is 2.00. The smallest absolute Gasteiger partial charge is 0 e. The van der Waals surface area contributed by atoms with Gasteiger partial charge in [0.25, 0.3) is 0 Å². The Morgan fingerprint density at radius 3 is 1.43 bits per heavy atom. The summed E-state index contributed by atoms with van der Waals surface area (Å²) in [7, 11) is 5.00. The number of hydrogen-bond acceptors (Lipinski definition) is 1. The number of hydrogen-bond donors (Lipinski definition) is 1. The second-order valence-corrected chi connectivity index (χ2v) is 0.931. The minimum atomic E-state index is 0. The molecule has 43 valence electrons. The van der Waals surface area contributed by atoms with Crippen molar-refractivity contribution >= 4 is 0 Å². The molecule has 0 heterocycles. The molecule has 0 fully saturated rings. The summed E-state index contributed by atoms with van der Waals surface area (Å²) in [5, 5.41) is 2.50. The van der Waals surface area contributed by atoms with Gasteiger partial charge in [0.05, 0.1) is 0 Å². The van der Waals surface area contributed by atoms with Crippen LogP contribution in [-0.2, 0) is 32.7 Å². The van der Waals surface area contributed by atoms with Gasteiger partial charge in [0.2, 0.25) is 0 Å². The third-order valence-electron chi connectivity index (χ3n) is 0. The van der Waals surface area contributed by atoms with Crippen molar-refractivity contribution in [2.24, 2.45) is 0 Å². The van der Waals surface area contributed by atoms with Crippen LogP contribution in [0.3, 0.4) is 0 Å². The van der Waals surface area contributed by atoms with E-state index >= 15 is 0 Å². The summed E-state index contributed by atoms with van der Waals surface area (Å²) in [6.45, 7) is 4.00. The fraction of sp³-hybridized carbons (Fsp3) is 0.600. The maximum Gasteiger partial charge on any atom is 0 e. The topological polar surface area (TPSA) is 12.0 Å². The van der Waals surface area contributed by atoms with Gasteiger partial charge in [0.15, 0.2) is 0 Å². The first kappa shape index (κ1) is 15.7. The first-order valence-electron chi connectivity index (χ1n) is 2.01. The van der Waals surface area contributed by atoms with Gasteiger partial charge in [0, 0.05) is 32.7 Å². The summed E-state index contributed by atoms with van der Waals surface area (Å²) in [5.74, 6) is 0. The predicted octanol–water partition coefficient (Wildman–Crippen LogP) is 1.23. The number of nitrogens with one attached hydrogen (secondary N) is 1. The van der Waals surface area contributed by atoms with Crippen molar-refractivity contribution in [1.29, 1.82) is 0 Å². The first-order chi connectivity index (χ1) is 2.83. The Hall–Kier alpha value is 1.06.